The summed E-state index contributed by atoms with van der Waals surface area (Å²) in [5, 5.41) is 0.413. The fourth-order valence-corrected chi connectivity index (χ4v) is 6.12. The van der Waals surface area contributed by atoms with Gasteiger partial charge in [0.25, 0.3) is 5.91 Å². The molecule has 1 aliphatic carbocycles. The topological polar surface area (TPSA) is 84.0 Å². The van der Waals surface area contributed by atoms with Crippen molar-refractivity contribution in [3.05, 3.63) is 65.2 Å². The van der Waals surface area contributed by atoms with Gasteiger partial charge in [-0.05, 0) is 80.6 Å². The highest BCUT2D eigenvalue weighted by molar-refractivity contribution is 7.89. The highest BCUT2D eigenvalue weighted by Gasteiger charge is 2.46. The van der Waals surface area contributed by atoms with Gasteiger partial charge in [0.1, 0.15) is 11.8 Å². The van der Waals surface area contributed by atoms with E-state index in [0.717, 1.165) is 30.6 Å². The SMILES string of the molecule is COc1ccc(N2C(=O)CC(N(CCC3=CCCCC3)S(=O)(=O)c3ccc(Cl)cc3)C2=O)cc1. The summed E-state index contributed by atoms with van der Waals surface area (Å²) in [5.74, 6) is -0.397. The van der Waals surface area contributed by atoms with Crippen LogP contribution >= 0.6 is 11.6 Å². The lowest BCUT2D eigenvalue weighted by atomic mass is 9.97. The Morgan fingerprint density at radius 1 is 1.06 bits per heavy atom. The predicted molar refractivity (Wildman–Crippen MR) is 130 cm³/mol. The van der Waals surface area contributed by atoms with E-state index in [1.165, 1.54) is 41.3 Å². The molecule has 7 nitrogen and oxygen atoms in total. The molecular weight excluding hydrogens is 476 g/mol. The Kier molecular flexibility index (Phi) is 7.40. The van der Waals surface area contributed by atoms with Crippen LogP contribution < -0.4 is 9.64 Å². The molecule has 4 rings (SSSR count). The number of amides is 2. The molecule has 2 aromatic carbocycles. The molecule has 180 valence electrons. The normalized spacial score (nSPS) is 19.0. The maximum Gasteiger partial charge on any atom is 0.252 e. The molecule has 2 aliphatic rings. The Morgan fingerprint density at radius 3 is 2.38 bits per heavy atom. The molecule has 9 heteroatoms. The van der Waals surface area contributed by atoms with E-state index in [9.17, 15) is 18.0 Å². The van der Waals surface area contributed by atoms with Crippen LogP contribution in [-0.4, -0.2) is 44.2 Å². The predicted octanol–water partition coefficient (Wildman–Crippen LogP) is 4.56. The van der Waals surface area contributed by atoms with Gasteiger partial charge in [0, 0.05) is 11.6 Å². The van der Waals surface area contributed by atoms with E-state index in [0.29, 0.717) is 22.9 Å². The van der Waals surface area contributed by atoms with Gasteiger partial charge in [-0.3, -0.25) is 9.59 Å². The summed E-state index contributed by atoms with van der Waals surface area (Å²) in [5.41, 5.74) is 1.57. The first kappa shape index (κ1) is 24.4. The number of nitrogens with zero attached hydrogens (tertiary/aromatic N) is 2. The van der Waals surface area contributed by atoms with Crippen LogP contribution in [0.2, 0.25) is 5.02 Å². The molecule has 1 heterocycles. The van der Waals surface area contributed by atoms with Crippen LogP contribution in [0.5, 0.6) is 5.75 Å². The molecule has 1 saturated heterocycles. The maximum absolute atomic E-state index is 13.6. The van der Waals surface area contributed by atoms with Crippen molar-refractivity contribution >= 4 is 39.1 Å². The van der Waals surface area contributed by atoms with Gasteiger partial charge in [-0.1, -0.05) is 23.3 Å². The molecule has 0 radical (unpaired) electrons. The van der Waals surface area contributed by atoms with Crippen molar-refractivity contribution in [3.63, 3.8) is 0 Å². The Morgan fingerprint density at radius 2 is 1.76 bits per heavy atom. The van der Waals surface area contributed by atoms with E-state index in [-0.39, 0.29) is 17.9 Å². The van der Waals surface area contributed by atoms with Gasteiger partial charge in [-0.25, -0.2) is 13.3 Å². The van der Waals surface area contributed by atoms with Crippen LogP contribution in [0.1, 0.15) is 38.5 Å². The van der Waals surface area contributed by atoms with E-state index in [4.69, 9.17) is 16.3 Å². The third-order valence-electron chi connectivity index (χ3n) is 6.26. The summed E-state index contributed by atoms with van der Waals surface area (Å²) >= 11 is 5.95. The molecule has 34 heavy (non-hydrogen) atoms. The number of hydrogen-bond acceptors (Lipinski definition) is 5. The van der Waals surface area contributed by atoms with Crippen molar-refractivity contribution in [2.45, 2.75) is 49.5 Å². The Hall–Kier alpha value is -2.68. The average Bonchev–Trinajstić information content (AvgIpc) is 3.13. The minimum Gasteiger partial charge on any atom is -0.497 e. The standard InChI is InChI=1S/C25H27ClN2O5S/c1-33-21-11-9-20(10-12-21)28-24(29)17-23(25(28)30)27(16-15-18-5-3-2-4-6-18)34(31,32)22-13-7-19(26)8-14-22/h5,7-14,23H,2-4,6,15-17H2,1H3. The van der Waals surface area contributed by atoms with Crippen LogP contribution in [-0.2, 0) is 19.6 Å². The molecule has 0 N–H and O–H groups in total. The fraction of sp³-hybridized carbons (Fsp3) is 0.360. The summed E-state index contributed by atoms with van der Waals surface area (Å²) in [7, 11) is -2.52. The molecule has 1 unspecified atom stereocenters. The Balaban J connectivity index is 1.65. The number of imide groups is 1. The number of anilines is 1. The Bertz CT molecular complexity index is 1190. The van der Waals surface area contributed by atoms with Crippen molar-refractivity contribution in [2.75, 3.05) is 18.6 Å². The van der Waals surface area contributed by atoms with Crippen LogP contribution in [0.25, 0.3) is 0 Å². The second-order valence-corrected chi connectivity index (χ2v) is 10.7. The number of carbonyl (C=O) groups is 2. The highest BCUT2D eigenvalue weighted by Crippen LogP contribution is 2.32. The molecule has 0 aromatic heterocycles. The number of rotatable bonds is 8. The second kappa shape index (κ2) is 10.3. The number of halogens is 1. The van der Waals surface area contributed by atoms with Crippen molar-refractivity contribution in [1.29, 1.82) is 0 Å². The van der Waals surface area contributed by atoms with Crippen LogP contribution in [0, 0.1) is 0 Å². The molecular formula is C25H27ClN2O5S. The van der Waals surface area contributed by atoms with E-state index in [2.05, 4.69) is 6.08 Å². The largest absolute Gasteiger partial charge is 0.497 e. The molecule has 1 fully saturated rings. The van der Waals surface area contributed by atoms with Gasteiger partial charge in [-0.15, -0.1) is 0 Å². The fourth-order valence-electron chi connectivity index (χ4n) is 4.41. The Labute approximate surface area is 205 Å². The van der Waals surface area contributed by atoms with Gasteiger partial charge >= 0.3 is 0 Å². The zero-order valence-corrected chi connectivity index (χ0v) is 20.5. The zero-order valence-electron chi connectivity index (χ0n) is 18.9. The van der Waals surface area contributed by atoms with E-state index in [1.54, 1.807) is 24.3 Å². The number of methoxy groups -OCH3 is 1. The van der Waals surface area contributed by atoms with E-state index >= 15 is 0 Å². The van der Waals surface area contributed by atoms with Crippen LogP contribution in [0.4, 0.5) is 5.69 Å². The molecule has 1 aliphatic heterocycles. The lowest BCUT2D eigenvalue weighted by Crippen LogP contribution is -2.46. The van der Waals surface area contributed by atoms with E-state index < -0.39 is 27.9 Å². The monoisotopic (exact) mass is 502 g/mol. The number of ether oxygens (including phenoxy) is 1. The quantitative estimate of drug-likeness (QED) is 0.390. The van der Waals surface area contributed by atoms with E-state index in [1.807, 2.05) is 0 Å². The van der Waals surface area contributed by atoms with Gasteiger partial charge in [0.05, 0.1) is 24.1 Å². The van der Waals surface area contributed by atoms with Gasteiger partial charge in [0.15, 0.2) is 0 Å². The molecule has 0 bridgehead atoms. The molecule has 0 saturated carbocycles. The van der Waals surface area contributed by atoms with Gasteiger partial charge in [-0.2, -0.15) is 4.31 Å². The molecule has 2 aromatic rings. The zero-order chi connectivity index (χ0) is 24.3. The maximum atomic E-state index is 13.6. The number of benzene rings is 2. The lowest BCUT2D eigenvalue weighted by Gasteiger charge is -2.28. The summed E-state index contributed by atoms with van der Waals surface area (Å²) in [6, 6.07) is 11.3. The number of allylic oxidation sites excluding steroid dienone is 1. The molecule has 1 atom stereocenters. The number of carbonyl (C=O) groups excluding carboxylic acids is 2. The molecule has 0 spiro atoms. The van der Waals surface area contributed by atoms with Crippen LogP contribution in [0.15, 0.2) is 65.1 Å². The number of hydrogen-bond donors (Lipinski definition) is 0. The first-order valence-corrected chi connectivity index (χ1v) is 13.1. The minimum atomic E-state index is -4.05. The summed E-state index contributed by atoms with van der Waals surface area (Å²) in [6.45, 7) is 0.122. The second-order valence-electron chi connectivity index (χ2n) is 8.41. The van der Waals surface area contributed by atoms with Gasteiger partial charge in [0.2, 0.25) is 15.9 Å². The summed E-state index contributed by atoms with van der Waals surface area (Å²) < 4.78 is 33.6. The third kappa shape index (κ3) is 5.04. The van der Waals surface area contributed by atoms with Crippen molar-refractivity contribution in [1.82, 2.24) is 4.31 Å². The van der Waals surface area contributed by atoms with Crippen molar-refractivity contribution < 1.29 is 22.7 Å². The van der Waals surface area contributed by atoms with Crippen molar-refractivity contribution in [2.24, 2.45) is 0 Å². The minimum absolute atomic E-state index is 0.0395. The third-order valence-corrected chi connectivity index (χ3v) is 8.43. The summed E-state index contributed by atoms with van der Waals surface area (Å²) in [6.07, 6.45) is 6.56. The summed E-state index contributed by atoms with van der Waals surface area (Å²) in [4.78, 5) is 27.4. The smallest absolute Gasteiger partial charge is 0.252 e. The average molecular weight is 503 g/mol. The first-order chi connectivity index (χ1) is 16.3. The first-order valence-electron chi connectivity index (χ1n) is 11.3. The highest BCUT2D eigenvalue weighted by atomic mass is 35.5. The molecule has 2 amide bonds. The van der Waals surface area contributed by atoms with Crippen LogP contribution in [0.3, 0.4) is 0 Å². The van der Waals surface area contributed by atoms with Gasteiger partial charge < -0.3 is 4.74 Å². The number of sulfonamides is 1. The lowest BCUT2D eigenvalue weighted by molar-refractivity contribution is -0.122. The van der Waals surface area contributed by atoms with Crippen molar-refractivity contribution in [3.8, 4) is 5.75 Å².